The Morgan fingerprint density at radius 3 is 2.92 bits per heavy atom. The normalized spacial score (nSPS) is 18.7. The van der Waals surface area contributed by atoms with E-state index in [1.165, 1.54) is 30.4 Å². The largest absolute Gasteiger partial charge is 0.508 e. The Morgan fingerprint density at radius 1 is 1.20 bits per heavy atom. The van der Waals surface area contributed by atoms with Crippen LogP contribution in [0.25, 0.3) is 20.8 Å². The molecule has 25 heavy (non-hydrogen) atoms. The van der Waals surface area contributed by atoms with Gasteiger partial charge >= 0.3 is 0 Å². The van der Waals surface area contributed by atoms with E-state index in [1.54, 1.807) is 11.3 Å². The van der Waals surface area contributed by atoms with Crippen molar-refractivity contribution in [2.75, 3.05) is 6.54 Å². The van der Waals surface area contributed by atoms with Crippen LogP contribution in [0.1, 0.15) is 38.2 Å². The van der Waals surface area contributed by atoms with Gasteiger partial charge < -0.3 is 5.11 Å². The summed E-state index contributed by atoms with van der Waals surface area (Å²) in [6.45, 7) is 4.22. The zero-order chi connectivity index (χ0) is 17.2. The van der Waals surface area contributed by atoms with Gasteiger partial charge in [0.05, 0.1) is 10.2 Å². The Bertz CT molecular complexity index is 840. The van der Waals surface area contributed by atoms with E-state index in [2.05, 4.69) is 30.0 Å². The highest BCUT2D eigenvalue weighted by molar-refractivity contribution is 7.21. The van der Waals surface area contributed by atoms with Crippen molar-refractivity contribution in [3.63, 3.8) is 0 Å². The Labute approximate surface area is 152 Å². The molecule has 0 spiro atoms. The zero-order valence-corrected chi connectivity index (χ0v) is 15.4. The molecule has 1 aromatic heterocycles. The average Bonchev–Trinajstić information content (AvgIpc) is 3.08. The molecule has 3 aromatic rings. The van der Waals surface area contributed by atoms with E-state index in [0.29, 0.717) is 11.8 Å². The van der Waals surface area contributed by atoms with E-state index in [0.717, 1.165) is 34.7 Å². The number of piperidine rings is 1. The van der Waals surface area contributed by atoms with Crippen molar-refractivity contribution in [2.24, 2.45) is 0 Å². The number of nitrogens with zero attached hydrogens (tertiary/aromatic N) is 2. The number of likely N-dealkylation sites (tertiary alicyclic amines) is 1. The predicted octanol–water partition coefficient (Wildman–Crippen LogP) is 5.43. The highest BCUT2D eigenvalue weighted by Gasteiger charge is 2.22. The van der Waals surface area contributed by atoms with Crippen LogP contribution >= 0.6 is 11.3 Å². The summed E-state index contributed by atoms with van der Waals surface area (Å²) in [6, 6.07) is 14.8. The van der Waals surface area contributed by atoms with Gasteiger partial charge in [-0.25, -0.2) is 4.98 Å². The molecule has 4 rings (SSSR count). The van der Waals surface area contributed by atoms with Crippen LogP contribution in [0.2, 0.25) is 0 Å². The molecule has 4 heteroatoms. The number of aromatic nitrogens is 1. The fraction of sp³-hybridized carbons (Fsp3) is 0.381. The van der Waals surface area contributed by atoms with Crippen LogP contribution in [-0.2, 0) is 6.54 Å². The summed E-state index contributed by atoms with van der Waals surface area (Å²) in [5.41, 5.74) is 3.15. The Balaban J connectivity index is 1.64. The number of para-hydroxylation sites is 1. The third kappa shape index (κ3) is 3.42. The van der Waals surface area contributed by atoms with E-state index in [1.807, 2.05) is 24.3 Å². The average molecular weight is 353 g/mol. The van der Waals surface area contributed by atoms with Crippen LogP contribution < -0.4 is 0 Å². The monoisotopic (exact) mass is 352 g/mol. The number of hydrogen-bond acceptors (Lipinski definition) is 4. The van der Waals surface area contributed by atoms with Gasteiger partial charge in [0.25, 0.3) is 0 Å². The molecule has 0 bridgehead atoms. The number of thiazole rings is 1. The van der Waals surface area contributed by atoms with Crippen molar-refractivity contribution < 1.29 is 5.11 Å². The lowest BCUT2D eigenvalue weighted by atomic mass is 9.98. The topological polar surface area (TPSA) is 36.4 Å². The van der Waals surface area contributed by atoms with Gasteiger partial charge in [0, 0.05) is 23.7 Å². The van der Waals surface area contributed by atoms with Crippen LogP contribution in [0.5, 0.6) is 5.75 Å². The number of hydrogen-bond donors (Lipinski definition) is 1. The summed E-state index contributed by atoms with van der Waals surface area (Å²) in [7, 11) is 0. The van der Waals surface area contributed by atoms with Crippen molar-refractivity contribution in [1.29, 1.82) is 0 Å². The maximum absolute atomic E-state index is 10.4. The Hall–Kier alpha value is -1.91. The van der Waals surface area contributed by atoms with Gasteiger partial charge in [0.15, 0.2) is 0 Å². The number of phenolic OH excluding ortho intramolecular Hbond substituents is 1. The number of benzene rings is 2. The van der Waals surface area contributed by atoms with E-state index in [4.69, 9.17) is 4.98 Å². The van der Waals surface area contributed by atoms with Gasteiger partial charge in [-0.3, -0.25) is 4.90 Å². The van der Waals surface area contributed by atoms with E-state index in [9.17, 15) is 5.11 Å². The van der Waals surface area contributed by atoms with Crippen LogP contribution in [-0.4, -0.2) is 27.6 Å². The number of phenols is 1. The maximum Gasteiger partial charge on any atom is 0.124 e. The van der Waals surface area contributed by atoms with Crippen molar-refractivity contribution >= 4 is 21.6 Å². The lowest BCUT2D eigenvalue weighted by Gasteiger charge is -2.35. The number of rotatable bonds is 4. The molecule has 1 aliphatic rings. The Morgan fingerprint density at radius 2 is 2.08 bits per heavy atom. The van der Waals surface area contributed by atoms with Gasteiger partial charge in [-0.1, -0.05) is 25.5 Å². The molecule has 0 unspecified atom stereocenters. The van der Waals surface area contributed by atoms with E-state index >= 15 is 0 Å². The third-order valence-corrected chi connectivity index (χ3v) is 6.30. The molecule has 2 aromatic carbocycles. The van der Waals surface area contributed by atoms with Crippen LogP contribution in [0.4, 0.5) is 0 Å². The van der Waals surface area contributed by atoms with Gasteiger partial charge in [-0.2, -0.15) is 0 Å². The first-order valence-corrected chi connectivity index (χ1v) is 9.98. The highest BCUT2D eigenvalue weighted by Crippen LogP contribution is 2.33. The minimum absolute atomic E-state index is 0.394. The summed E-state index contributed by atoms with van der Waals surface area (Å²) < 4.78 is 1.20. The van der Waals surface area contributed by atoms with Gasteiger partial charge in [0.1, 0.15) is 10.8 Å². The Kier molecular flexibility index (Phi) is 4.73. The second-order valence-electron chi connectivity index (χ2n) is 6.86. The van der Waals surface area contributed by atoms with Crippen molar-refractivity contribution in [3.05, 3.63) is 48.0 Å². The summed E-state index contributed by atoms with van der Waals surface area (Å²) in [5, 5.41) is 11.4. The fourth-order valence-electron chi connectivity index (χ4n) is 3.79. The van der Waals surface area contributed by atoms with Gasteiger partial charge in [-0.15, -0.1) is 11.3 Å². The van der Waals surface area contributed by atoms with Crippen LogP contribution in [0.15, 0.2) is 42.5 Å². The number of fused-ring (bicyclic) bond motifs is 1. The van der Waals surface area contributed by atoms with Crippen molar-refractivity contribution in [1.82, 2.24) is 9.88 Å². The molecule has 0 aliphatic carbocycles. The third-order valence-electron chi connectivity index (χ3n) is 5.21. The summed E-state index contributed by atoms with van der Waals surface area (Å²) in [6.07, 6.45) is 5.04. The van der Waals surface area contributed by atoms with Gasteiger partial charge in [-0.05, 0) is 56.1 Å². The second kappa shape index (κ2) is 7.14. The lowest BCUT2D eigenvalue weighted by Crippen LogP contribution is -2.38. The predicted molar refractivity (Wildman–Crippen MR) is 105 cm³/mol. The molecule has 1 aliphatic heterocycles. The minimum Gasteiger partial charge on any atom is -0.508 e. The minimum atomic E-state index is 0.394. The molecule has 1 fully saturated rings. The van der Waals surface area contributed by atoms with Crippen molar-refractivity contribution in [2.45, 2.75) is 45.2 Å². The van der Waals surface area contributed by atoms with Gasteiger partial charge in [0.2, 0.25) is 0 Å². The van der Waals surface area contributed by atoms with E-state index in [-0.39, 0.29) is 0 Å². The molecule has 3 nitrogen and oxygen atoms in total. The van der Waals surface area contributed by atoms with E-state index < -0.39 is 0 Å². The molecular weight excluding hydrogens is 328 g/mol. The quantitative estimate of drug-likeness (QED) is 0.680. The molecule has 2 heterocycles. The highest BCUT2D eigenvalue weighted by atomic mass is 32.1. The molecule has 0 radical (unpaired) electrons. The molecule has 0 saturated carbocycles. The fourth-order valence-corrected chi connectivity index (χ4v) is 4.75. The molecule has 1 saturated heterocycles. The maximum atomic E-state index is 10.4. The van der Waals surface area contributed by atoms with Crippen LogP contribution in [0.3, 0.4) is 0 Å². The lowest BCUT2D eigenvalue weighted by molar-refractivity contribution is 0.135. The SMILES string of the molecule is CC[C@@H]1CCCCN1Cc1cc(-c2nc3ccccc3s2)ccc1O. The molecule has 130 valence electrons. The molecule has 0 amide bonds. The first-order valence-electron chi connectivity index (χ1n) is 9.16. The van der Waals surface area contributed by atoms with Crippen molar-refractivity contribution in [3.8, 4) is 16.3 Å². The molecular formula is C21H24N2OS. The smallest absolute Gasteiger partial charge is 0.124 e. The summed E-state index contributed by atoms with van der Waals surface area (Å²) >= 11 is 1.71. The molecule has 1 atom stereocenters. The zero-order valence-electron chi connectivity index (χ0n) is 14.6. The first-order chi connectivity index (χ1) is 12.2. The van der Waals surface area contributed by atoms with Crippen LogP contribution in [0, 0.1) is 0 Å². The summed E-state index contributed by atoms with van der Waals surface area (Å²) in [5.74, 6) is 0.394. The standard InChI is InChI=1S/C21H24N2OS/c1-2-17-7-5-6-12-23(17)14-16-13-15(10-11-19(16)24)21-22-18-8-3-4-9-20(18)25-21/h3-4,8-11,13,17,24H,2,5-7,12,14H2,1H3/t17-/m1/s1. The second-order valence-corrected chi connectivity index (χ2v) is 7.89. The molecule has 1 N–H and O–H groups in total. The summed E-state index contributed by atoms with van der Waals surface area (Å²) in [4.78, 5) is 7.28. The number of aromatic hydroxyl groups is 1. The first kappa shape index (κ1) is 16.6.